The second-order valence-corrected chi connectivity index (χ2v) is 4.63. The Balaban J connectivity index is 2.36. The van der Waals surface area contributed by atoms with E-state index in [4.69, 9.17) is 5.73 Å². The van der Waals surface area contributed by atoms with Gasteiger partial charge in [0.15, 0.2) is 0 Å². The maximum absolute atomic E-state index is 12.6. The number of rotatable bonds is 2. The van der Waals surface area contributed by atoms with E-state index in [1.807, 2.05) is 31.2 Å². The first-order chi connectivity index (χ1) is 10.1. The molecule has 0 atom stereocenters. The number of hydrogen-bond donors (Lipinski definition) is 1. The van der Waals surface area contributed by atoms with Crippen LogP contribution >= 0.6 is 0 Å². The summed E-state index contributed by atoms with van der Waals surface area (Å²) in [6.45, 7) is 2.24. The van der Waals surface area contributed by atoms with Gasteiger partial charge in [-0.3, -0.25) is 9.78 Å². The molecule has 0 radical (unpaired) electrons. The van der Waals surface area contributed by atoms with E-state index >= 15 is 0 Å². The minimum absolute atomic E-state index is 0.121. The Morgan fingerprint density at radius 2 is 2.19 bits per heavy atom. The van der Waals surface area contributed by atoms with Crippen molar-refractivity contribution in [1.29, 1.82) is 0 Å². The molecule has 0 saturated heterocycles. The summed E-state index contributed by atoms with van der Waals surface area (Å²) < 4.78 is 0. The summed E-state index contributed by atoms with van der Waals surface area (Å²) >= 11 is 0. The monoisotopic (exact) mass is 279 g/mol. The lowest BCUT2D eigenvalue weighted by Crippen LogP contribution is -2.27. The Morgan fingerprint density at radius 3 is 2.90 bits per heavy atom. The normalized spacial score (nSPS) is 9.67. The van der Waals surface area contributed by atoms with Crippen molar-refractivity contribution >= 4 is 11.6 Å². The molecule has 21 heavy (non-hydrogen) atoms. The highest BCUT2D eigenvalue weighted by molar-refractivity contribution is 6.07. The lowest BCUT2D eigenvalue weighted by Gasteiger charge is -2.18. The second-order valence-electron chi connectivity index (χ2n) is 4.63. The summed E-state index contributed by atoms with van der Waals surface area (Å²) in [5.41, 5.74) is 8.44. The van der Waals surface area contributed by atoms with Crippen molar-refractivity contribution in [3.8, 4) is 11.8 Å². The van der Waals surface area contributed by atoms with Gasteiger partial charge in [0.2, 0.25) is 0 Å². The molecule has 1 aromatic heterocycles. The third-order valence-electron chi connectivity index (χ3n) is 3.07. The van der Waals surface area contributed by atoms with Gasteiger partial charge >= 0.3 is 0 Å². The lowest BCUT2D eigenvalue weighted by molar-refractivity contribution is 0.0992. The van der Waals surface area contributed by atoms with Crippen LogP contribution in [0.5, 0.6) is 0 Å². The van der Waals surface area contributed by atoms with Crippen LogP contribution in [0, 0.1) is 18.8 Å². The number of carbonyl (C=O) groups excluding carboxylic acids is 1. The van der Waals surface area contributed by atoms with Crippen LogP contribution in [0.1, 0.15) is 21.5 Å². The smallest absolute Gasteiger partial charge is 0.259 e. The van der Waals surface area contributed by atoms with Crippen molar-refractivity contribution in [2.75, 3.05) is 18.5 Å². The Hall–Kier alpha value is -2.64. The van der Waals surface area contributed by atoms with Gasteiger partial charge in [-0.05, 0) is 30.7 Å². The number of aryl methyl sites for hydroxylation is 1. The zero-order valence-corrected chi connectivity index (χ0v) is 12.1. The number of nitrogens with two attached hydrogens (primary N) is 1. The number of carbonyl (C=O) groups is 1. The van der Waals surface area contributed by atoms with Crippen molar-refractivity contribution in [2.45, 2.75) is 6.92 Å². The summed E-state index contributed by atoms with van der Waals surface area (Å²) in [5.74, 6) is 5.52. The van der Waals surface area contributed by atoms with E-state index in [0.29, 0.717) is 11.1 Å². The zero-order valence-electron chi connectivity index (χ0n) is 12.1. The molecule has 4 heteroatoms. The lowest BCUT2D eigenvalue weighted by atomic mass is 10.1. The van der Waals surface area contributed by atoms with Crippen LogP contribution in [0.2, 0.25) is 0 Å². The average molecular weight is 279 g/mol. The fourth-order valence-corrected chi connectivity index (χ4v) is 1.96. The molecule has 0 unspecified atom stereocenters. The highest BCUT2D eigenvalue weighted by Gasteiger charge is 2.16. The van der Waals surface area contributed by atoms with Crippen molar-refractivity contribution in [2.24, 2.45) is 5.73 Å². The van der Waals surface area contributed by atoms with Gasteiger partial charge in [0.1, 0.15) is 0 Å². The van der Waals surface area contributed by atoms with Crippen LogP contribution in [0.3, 0.4) is 0 Å². The van der Waals surface area contributed by atoms with E-state index in [1.165, 1.54) is 0 Å². The molecular formula is C17H17N3O. The van der Waals surface area contributed by atoms with Crippen LogP contribution in [-0.2, 0) is 0 Å². The van der Waals surface area contributed by atoms with Gasteiger partial charge in [0.25, 0.3) is 5.91 Å². The first-order valence-corrected chi connectivity index (χ1v) is 6.61. The summed E-state index contributed by atoms with van der Waals surface area (Å²) in [6.07, 6.45) is 3.17. The molecule has 1 amide bonds. The standard InChI is InChI=1S/C17H17N3O/c1-13-5-3-7-15(11-13)20(2)17(21)16-8-10-19-12-14(16)6-4-9-18/h3,5,7-8,10-12H,9,18H2,1-2H3. The predicted octanol–water partition coefficient (Wildman–Crippen LogP) is 1.98. The van der Waals surface area contributed by atoms with E-state index in [2.05, 4.69) is 16.8 Å². The number of aromatic nitrogens is 1. The topological polar surface area (TPSA) is 59.2 Å². The van der Waals surface area contributed by atoms with Crippen LogP contribution in [0.15, 0.2) is 42.7 Å². The molecule has 0 aliphatic rings. The second kappa shape index (κ2) is 6.69. The van der Waals surface area contributed by atoms with Gasteiger partial charge in [-0.1, -0.05) is 24.0 Å². The van der Waals surface area contributed by atoms with Crippen molar-refractivity contribution in [3.63, 3.8) is 0 Å². The number of hydrogen-bond acceptors (Lipinski definition) is 3. The number of amides is 1. The first kappa shape index (κ1) is 14.8. The fraction of sp³-hybridized carbons (Fsp3) is 0.176. The fourth-order valence-electron chi connectivity index (χ4n) is 1.96. The van der Waals surface area contributed by atoms with Crippen LogP contribution in [0.4, 0.5) is 5.69 Å². The molecule has 4 nitrogen and oxygen atoms in total. The minimum Gasteiger partial charge on any atom is -0.320 e. The SMILES string of the molecule is Cc1cccc(N(C)C(=O)c2ccncc2C#CCN)c1. The van der Waals surface area contributed by atoms with Gasteiger partial charge in [-0.25, -0.2) is 0 Å². The van der Waals surface area contributed by atoms with E-state index in [0.717, 1.165) is 11.3 Å². The van der Waals surface area contributed by atoms with E-state index in [1.54, 1.807) is 30.4 Å². The average Bonchev–Trinajstić information content (AvgIpc) is 2.51. The predicted molar refractivity (Wildman–Crippen MR) is 84.1 cm³/mol. The molecule has 0 aliphatic carbocycles. The molecule has 0 aliphatic heterocycles. The molecule has 2 rings (SSSR count). The minimum atomic E-state index is -0.121. The molecule has 0 bridgehead atoms. The Kier molecular flexibility index (Phi) is 4.70. The Bertz CT molecular complexity index is 713. The highest BCUT2D eigenvalue weighted by Crippen LogP contribution is 2.18. The van der Waals surface area contributed by atoms with Crippen LogP contribution < -0.4 is 10.6 Å². The number of anilines is 1. The van der Waals surface area contributed by atoms with Crippen LogP contribution in [-0.4, -0.2) is 24.5 Å². The summed E-state index contributed by atoms with van der Waals surface area (Å²) in [6, 6.07) is 9.46. The van der Waals surface area contributed by atoms with Gasteiger partial charge in [0.05, 0.1) is 17.7 Å². The third-order valence-corrected chi connectivity index (χ3v) is 3.07. The maximum Gasteiger partial charge on any atom is 0.259 e. The van der Waals surface area contributed by atoms with E-state index in [-0.39, 0.29) is 12.5 Å². The van der Waals surface area contributed by atoms with Crippen molar-refractivity contribution in [1.82, 2.24) is 4.98 Å². The molecule has 2 N–H and O–H groups in total. The molecule has 106 valence electrons. The molecule has 2 aromatic rings. The quantitative estimate of drug-likeness (QED) is 0.855. The molecule has 0 spiro atoms. The Morgan fingerprint density at radius 1 is 1.38 bits per heavy atom. The molecule has 1 heterocycles. The summed E-state index contributed by atoms with van der Waals surface area (Å²) in [7, 11) is 1.75. The van der Waals surface area contributed by atoms with E-state index < -0.39 is 0 Å². The van der Waals surface area contributed by atoms with E-state index in [9.17, 15) is 4.79 Å². The number of nitrogens with zero attached hydrogens (tertiary/aromatic N) is 2. The molecular weight excluding hydrogens is 262 g/mol. The maximum atomic E-state index is 12.6. The van der Waals surface area contributed by atoms with Gasteiger partial charge in [0, 0.05) is 25.1 Å². The van der Waals surface area contributed by atoms with Crippen molar-refractivity contribution < 1.29 is 4.79 Å². The Labute approximate surface area is 124 Å². The van der Waals surface area contributed by atoms with Crippen molar-refractivity contribution in [3.05, 3.63) is 59.4 Å². The third kappa shape index (κ3) is 3.47. The van der Waals surface area contributed by atoms with Gasteiger partial charge < -0.3 is 10.6 Å². The first-order valence-electron chi connectivity index (χ1n) is 6.61. The zero-order chi connectivity index (χ0) is 15.2. The molecule has 1 aromatic carbocycles. The highest BCUT2D eigenvalue weighted by atomic mass is 16.2. The van der Waals surface area contributed by atoms with Gasteiger partial charge in [-0.15, -0.1) is 0 Å². The number of benzene rings is 1. The molecule has 0 fully saturated rings. The summed E-state index contributed by atoms with van der Waals surface area (Å²) in [4.78, 5) is 18.3. The largest absolute Gasteiger partial charge is 0.320 e. The summed E-state index contributed by atoms with van der Waals surface area (Å²) in [5, 5.41) is 0. The van der Waals surface area contributed by atoms with Crippen LogP contribution in [0.25, 0.3) is 0 Å². The van der Waals surface area contributed by atoms with Gasteiger partial charge in [-0.2, -0.15) is 0 Å². The number of pyridine rings is 1. The molecule has 0 saturated carbocycles.